The molecule has 0 fully saturated rings. The molecule has 5 heteroatoms. The Morgan fingerprint density at radius 1 is 1.50 bits per heavy atom. The van der Waals surface area contributed by atoms with Gasteiger partial charge in [-0.3, -0.25) is 0 Å². The van der Waals surface area contributed by atoms with Crippen molar-refractivity contribution in [3.8, 4) is 0 Å². The van der Waals surface area contributed by atoms with Gasteiger partial charge in [0.15, 0.2) is 0 Å². The molecule has 60 valence electrons. The van der Waals surface area contributed by atoms with Gasteiger partial charge in [-0.05, 0) is 0 Å². The van der Waals surface area contributed by atoms with Gasteiger partial charge in [0.25, 0.3) is 0 Å². The number of methoxy groups -OCH3 is 2. The second-order valence-corrected chi connectivity index (χ2v) is 2.89. The molecule has 0 aromatic carbocycles. The van der Waals surface area contributed by atoms with Crippen molar-refractivity contribution in [2.45, 2.75) is 12.5 Å². The summed E-state index contributed by atoms with van der Waals surface area (Å²) in [7, 11) is 3.23. The van der Waals surface area contributed by atoms with E-state index in [-0.39, 0.29) is 15.4 Å². The van der Waals surface area contributed by atoms with Crippen LogP contribution in [0.3, 0.4) is 0 Å². The number of isocyanates is 1. The van der Waals surface area contributed by atoms with Crippen molar-refractivity contribution in [3.63, 3.8) is 0 Å². The second-order valence-electron chi connectivity index (χ2n) is 1.41. The van der Waals surface area contributed by atoms with E-state index in [1.54, 1.807) is 14.2 Å². The fourth-order valence-corrected chi connectivity index (χ4v) is 1.10. The molecule has 0 aromatic rings. The van der Waals surface area contributed by atoms with Crippen LogP contribution >= 0.6 is 0 Å². The molecule has 0 amide bonds. The Kier molecular flexibility index (Phi) is 13.8. The van der Waals surface area contributed by atoms with E-state index in [9.17, 15) is 0 Å². The molecule has 0 radical (unpaired) electrons. The van der Waals surface area contributed by atoms with Gasteiger partial charge >= 0.3 is 0 Å². The van der Waals surface area contributed by atoms with Gasteiger partial charge in [0, 0.05) is 14.2 Å². The lowest BCUT2D eigenvalue weighted by molar-refractivity contribution is -0.0435. The number of hydrogen-bond donors (Lipinski definition) is 1. The monoisotopic (exact) mass is 163 g/mol. The predicted molar refractivity (Wildman–Crippen MR) is 40.6 cm³/mol. The summed E-state index contributed by atoms with van der Waals surface area (Å²) in [4.78, 5) is 8.35. The molecule has 0 aromatic heterocycles. The van der Waals surface area contributed by atoms with E-state index in [1.807, 2.05) is 0 Å². The molecule has 0 saturated heterocycles. The number of rotatable bonds is 3. The molecule has 0 aliphatic carbocycles. The van der Waals surface area contributed by atoms with Crippen LogP contribution in [0, 0.1) is 5.41 Å². The summed E-state index contributed by atoms with van der Waals surface area (Å²) in [5.41, 5.74) is 0. The van der Waals surface area contributed by atoms with Gasteiger partial charge in [-0.2, -0.15) is 0 Å². The summed E-state index contributed by atoms with van der Waals surface area (Å²) in [5, 5.41) is 5.40. The largest absolute Gasteiger partial charge is 0.360 e. The molecular formula is C5H13NO3Si. The van der Waals surface area contributed by atoms with Crippen LogP contribution in [-0.2, 0) is 14.3 Å². The molecule has 0 unspecified atom stereocenters. The minimum absolute atomic E-state index is 0.117. The molecule has 0 heterocycles. The topological polar surface area (TPSA) is 59.4 Å². The molecule has 0 spiro atoms. The van der Waals surface area contributed by atoms with Crippen molar-refractivity contribution in [2.75, 3.05) is 14.2 Å². The first-order valence-corrected chi connectivity index (χ1v) is 5.09. The number of nitrogens with one attached hydrogen (secondary N) is 1. The first-order valence-electron chi connectivity index (χ1n) is 2.86. The van der Waals surface area contributed by atoms with Crippen molar-refractivity contribution in [1.29, 1.82) is 5.41 Å². The van der Waals surface area contributed by atoms with Crippen molar-refractivity contribution in [2.24, 2.45) is 0 Å². The third-order valence-corrected chi connectivity index (χ3v) is 2.19. The highest BCUT2D eigenvalue weighted by Crippen LogP contribution is 1.84. The normalized spacial score (nSPS) is 9.20. The van der Waals surface area contributed by atoms with Crippen molar-refractivity contribution in [3.05, 3.63) is 0 Å². The average Bonchev–Trinajstić information content (AvgIpc) is 1.93. The Bertz CT molecular complexity index is 83.4. The van der Waals surface area contributed by atoms with Crippen molar-refractivity contribution >= 4 is 15.6 Å². The lowest BCUT2D eigenvalue weighted by Crippen LogP contribution is -2.18. The number of hydrogen-bond acceptors (Lipinski definition) is 4. The van der Waals surface area contributed by atoms with Crippen LogP contribution in [0.4, 0.5) is 0 Å². The van der Waals surface area contributed by atoms with Gasteiger partial charge < -0.3 is 9.47 Å². The van der Waals surface area contributed by atoms with E-state index < -0.39 is 0 Å². The third-order valence-electron chi connectivity index (χ3n) is 0.859. The standard InChI is InChI=1S/C4H12O2Si.CHNO/c1-5-4(6-2)7-3;2-1-3/h4H,7H2,1-3H3;2H. The Morgan fingerprint density at radius 2 is 1.80 bits per heavy atom. The van der Waals surface area contributed by atoms with E-state index >= 15 is 0 Å². The zero-order valence-corrected chi connectivity index (χ0v) is 7.92. The van der Waals surface area contributed by atoms with Crippen LogP contribution in [0.1, 0.15) is 0 Å². The number of ether oxygens (including phenoxy) is 2. The summed E-state index contributed by atoms with van der Waals surface area (Å²) in [5.74, 6) is 0.125. The molecule has 0 aliphatic heterocycles. The van der Waals surface area contributed by atoms with E-state index in [0.717, 1.165) is 6.08 Å². The molecule has 10 heavy (non-hydrogen) atoms. The molecule has 0 rings (SSSR count). The molecular weight excluding hydrogens is 150 g/mol. The highest BCUT2D eigenvalue weighted by Gasteiger charge is 1.97. The second kappa shape index (κ2) is 11.3. The highest BCUT2D eigenvalue weighted by atomic mass is 28.2. The Hall–Kier alpha value is -0.483. The highest BCUT2D eigenvalue weighted by molar-refractivity contribution is 6.34. The van der Waals surface area contributed by atoms with Crippen molar-refractivity contribution < 1.29 is 14.3 Å². The Labute approximate surface area is 62.9 Å². The summed E-state index contributed by atoms with van der Waals surface area (Å²) in [6.45, 7) is 2.15. The first-order chi connectivity index (χ1) is 4.76. The zero-order chi connectivity index (χ0) is 8.41. The maximum Gasteiger partial charge on any atom is 0.231 e. The van der Waals surface area contributed by atoms with Crippen LogP contribution in [0.5, 0.6) is 0 Å². The maximum atomic E-state index is 8.35. The van der Waals surface area contributed by atoms with Gasteiger partial charge in [-0.1, -0.05) is 6.55 Å². The summed E-state index contributed by atoms with van der Waals surface area (Å²) in [6.07, 6.45) is 0.750. The molecule has 0 aliphatic rings. The van der Waals surface area contributed by atoms with Gasteiger partial charge in [-0.15, -0.1) is 0 Å². The summed E-state index contributed by atoms with van der Waals surface area (Å²) in [6, 6.07) is 0. The van der Waals surface area contributed by atoms with Gasteiger partial charge in [0.2, 0.25) is 6.08 Å². The fourth-order valence-electron chi connectivity index (χ4n) is 0.430. The zero-order valence-electron chi connectivity index (χ0n) is 6.51. The van der Waals surface area contributed by atoms with Gasteiger partial charge in [0.1, 0.15) is 5.91 Å². The van der Waals surface area contributed by atoms with Crippen molar-refractivity contribution in [1.82, 2.24) is 0 Å². The van der Waals surface area contributed by atoms with E-state index in [2.05, 4.69) is 6.55 Å². The van der Waals surface area contributed by atoms with Crippen LogP contribution in [0.2, 0.25) is 6.55 Å². The lowest BCUT2D eigenvalue weighted by atomic mass is 11.3. The summed E-state index contributed by atoms with van der Waals surface area (Å²) >= 11 is 0. The average molecular weight is 163 g/mol. The van der Waals surface area contributed by atoms with Crippen LogP contribution in [0.15, 0.2) is 0 Å². The van der Waals surface area contributed by atoms with Gasteiger partial charge in [-0.25, -0.2) is 10.2 Å². The Morgan fingerprint density at radius 3 is 1.80 bits per heavy atom. The molecule has 0 atom stereocenters. The minimum Gasteiger partial charge on any atom is -0.360 e. The summed E-state index contributed by atoms with van der Waals surface area (Å²) < 4.78 is 9.78. The first kappa shape index (κ1) is 12.2. The van der Waals surface area contributed by atoms with Gasteiger partial charge in [0.05, 0.1) is 9.52 Å². The predicted octanol–water partition coefficient (Wildman–Crippen LogP) is -0.319. The Balaban J connectivity index is 0. The van der Waals surface area contributed by atoms with Crippen LogP contribution in [0.25, 0.3) is 0 Å². The molecule has 4 nitrogen and oxygen atoms in total. The molecule has 0 bridgehead atoms. The SMILES string of the molecule is COC(OC)[SiH2]C.N=C=O. The van der Waals surface area contributed by atoms with E-state index in [4.69, 9.17) is 19.7 Å². The quantitative estimate of drug-likeness (QED) is 0.268. The molecule has 1 N–H and O–H groups in total. The lowest BCUT2D eigenvalue weighted by Gasteiger charge is -2.08. The smallest absolute Gasteiger partial charge is 0.231 e. The van der Waals surface area contributed by atoms with E-state index in [0.29, 0.717) is 0 Å². The minimum atomic E-state index is -0.117. The molecule has 0 saturated carbocycles. The van der Waals surface area contributed by atoms with Crippen LogP contribution in [-0.4, -0.2) is 35.7 Å². The number of carbonyl (C=O) groups excluding carboxylic acids is 1. The third kappa shape index (κ3) is 10.5. The van der Waals surface area contributed by atoms with E-state index in [1.165, 1.54) is 0 Å². The van der Waals surface area contributed by atoms with Crippen LogP contribution < -0.4 is 0 Å². The maximum absolute atomic E-state index is 8.35. The fraction of sp³-hybridized carbons (Fsp3) is 0.800.